The lowest BCUT2D eigenvalue weighted by Crippen LogP contribution is -2.22. The van der Waals surface area contributed by atoms with E-state index in [2.05, 4.69) is 15.6 Å². The fourth-order valence-corrected chi connectivity index (χ4v) is 4.54. The van der Waals surface area contributed by atoms with Crippen molar-refractivity contribution < 1.29 is 23.9 Å². The van der Waals surface area contributed by atoms with E-state index in [0.717, 1.165) is 11.1 Å². The van der Waals surface area contributed by atoms with Crippen molar-refractivity contribution in [2.45, 2.75) is 27.2 Å². The fourth-order valence-electron chi connectivity index (χ4n) is 4.25. The minimum absolute atomic E-state index is 0.0328. The van der Waals surface area contributed by atoms with Crippen molar-refractivity contribution in [1.82, 2.24) is 9.55 Å². The largest absolute Gasteiger partial charge is 0.496 e. The van der Waals surface area contributed by atoms with Crippen molar-refractivity contribution in [3.63, 3.8) is 0 Å². The zero-order chi connectivity index (χ0) is 28.8. The van der Waals surface area contributed by atoms with Gasteiger partial charge in [0, 0.05) is 40.7 Å². The third kappa shape index (κ3) is 6.32. The van der Waals surface area contributed by atoms with E-state index in [9.17, 15) is 14.4 Å². The standard InChI is InChI=1S/C30H29ClN4O5/c1-5-40-29(37)28-25(34-30(38)33-23-9-7-11-26(39-4)19(23)3)17-27(31)35(28)22-14-12-20(13-15-22)24-10-6-8-21(32-24)16-18(2)36/h6-15,17H,5,16H2,1-4H3,(H2,33,34,38). The Morgan fingerprint density at radius 1 is 0.975 bits per heavy atom. The number of benzene rings is 2. The Hall–Kier alpha value is -4.63. The number of carbonyl (C=O) groups excluding carboxylic acids is 3. The summed E-state index contributed by atoms with van der Waals surface area (Å²) in [5.74, 6) is 0.0128. The highest BCUT2D eigenvalue weighted by molar-refractivity contribution is 6.31. The summed E-state index contributed by atoms with van der Waals surface area (Å²) in [6.07, 6.45) is 0.258. The Morgan fingerprint density at radius 2 is 1.68 bits per heavy atom. The first-order valence-electron chi connectivity index (χ1n) is 12.6. The number of rotatable bonds is 9. The molecule has 40 heavy (non-hydrogen) atoms. The van der Waals surface area contributed by atoms with Crippen molar-refractivity contribution in [3.05, 3.63) is 88.8 Å². The third-order valence-corrected chi connectivity index (χ3v) is 6.36. The molecule has 0 atom stereocenters. The molecule has 0 bridgehead atoms. The number of anilines is 2. The van der Waals surface area contributed by atoms with Gasteiger partial charge in [-0.1, -0.05) is 35.9 Å². The van der Waals surface area contributed by atoms with Gasteiger partial charge in [0.2, 0.25) is 0 Å². The topological polar surface area (TPSA) is 112 Å². The fraction of sp³-hybridized carbons (Fsp3) is 0.200. The smallest absolute Gasteiger partial charge is 0.357 e. The van der Waals surface area contributed by atoms with Crippen LogP contribution in [0.5, 0.6) is 5.75 Å². The molecule has 0 spiro atoms. The molecule has 4 rings (SSSR count). The molecule has 0 fully saturated rings. The number of pyridine rings is 1. The van der Waals surface area contributed by atoms with E-state index in [1.165, 1.54) is 17.6 Å². The van der Waals surface area contributed by atoms with Crippen molar-refractivity contribution >= 4 is 40.8 Å². The van der Waals surface area contributed by atoms with Crippen LogP contribution in [0.3, 0.4) is 0 Å². The maximum absolute atomic E-state index is 13.0. The Bertz CT molecular complexity index is 1560. The van der Waals surface area contributed by atoms with E-state index >= 15 is 0 Å². The van der Waals surface area contributed by atoms with Gasteiger partial charge in [0.15, 0.2) is 5.69 Å². The summed E-state index contributed by atoms with van der Waals surface area (Å²) < 4.78 is 12.1. The number of ketones is 1. The van der Waals surface area contributed by atoms with Crippen LogP contribution >= 0.6 is 11.6 Å². The summed E-state index contributed by atoms with van der Waals surface area (Å²) in [5.41, 5.74) is 4.35. The van der Waals surface area contributed by atoms with Crippen LogP contribution in [-0.2, 0) is 16.0 Å². The highest BCUT2D eigenvalue weighted by Crippen LogP contribution is 2.32. The Morgan fingerprint density at radius 3 is 2.35 bits per heavy atom. The predicted molar refractivity (Wildman–Crippen MR) is 155 cm³/mol. The molecule has 2 aromatic carbocycles. The second-order valence-electron chi connectivity index (χ2n) is 8.94. The van der Waals surface area contributed by atoms with E-state index in [0.29, 0.717) is 28.5 Å². The van der Waals surface area contributed by atoms with Gasteiger partial charge in [-0.2, -0.15) is 0 Å². The molecule has 4 aromatic rings. The van der Waals surface area contributed by atoms with Crippen LogP contribution in [0.2, 0.25) is 5.15 Å². The van der Waals surface area contributed by atoms with Gasteiger partial charge in [0.05, 0.1) is 25.1 Å². The molecule has 206 valence electrons. The number of ether oxygens (including phenoxy) is 2. The number of carbonyl (C=O) groups is 3. The number of nitrogens with zero attached hydrogens (tertiary/aromatic N) is 2. The van der Waals surface area contributed by atoms with E-state index < -0.39 is 12.0 Å². The lowest BCUT2D eigenvalue weighted by Gasteiger charge is -2.14. The summed E-state index contributed by atoms with van der Waals surface area (Å²) in [4.78, 5) is 42.0. The molecule has 0 saturated carbocycles. The van der Waals surface area contributed by atoms with E-state index in [1.807, 2.05) is 37.3 Å². The lowest BCUT2D eigenvalue weighted by atomic mass is 10.1. The molecule has 2 N–H and O–H groups in total. The van der Waals surface area contributed by atoms with Crippen LogP contribution < -0.4 is 15.4 Å². The number of aromatic nitrogens is 2. The zero-order valence-electron chi connectivity index (χ0n) is 22.6. The summed E-state index contributed by atoms with van der Waals surface area (Å²) in [5, 5.41) is 5.70. The number of nitrogens with one attached hydrogen (secondary N) is 2. The lowest BCUT2D eigenvalue weighted by molar-refractivity contribution is -0.116. The van der Waals surface area contributed by atoms with Gasteiger partial charge in [-0.25, -0.2) is 9.59 Å². The number of Topliss-reactive ketones (excluding diaryl/α,β-unsaturated/α-hetero) is 1. The highest BCUT2D eigenvalue weighted by atomic mass is 35.5. The number of amides is 2. The number of halogens is 1. The first-order chi connectivity index (χ1) is 19.2. The molecular weight excluding hydrogens is 532 g/mol. The van der Waals surface area contributed by atoms with Gasteiger partial charge in [-0.3, -0.25) is 14.3 Å². The second kappa shape index (κ2) is 12.5. The Balaban J connectivity index is 1.65. The normalized spacial score (nSPS) is 10.6. The molecule has 2 aromatic heterocycles. The van der Waals surface area contributed by atoms with E-state index in [1.54, 1.807) is 44.4 Å². The second-order valence-corrected chi connectivity index (χ2v) is 9.32. The zero-order valence-corrected chi connectivity index (χ0v) is 23.3. The van der Waals surface area contributed by atoms with E-state index in [4.69, 9.17) is 21.1 Å². The molecule has 2 heterocycles. The van der Waals surface area contributed by atoms with Crippen molar-refractivity contribution in [2.75, 3.05) is 24.4 Å². The molecule has 0 aliphatic carbocycles. The van der Waals surface area contributed by atoms with Crippen LogP contribution in [0.15, 0.2) is 66.7 Å². The van der Waals surface area contributed by atoms with Crippen LogP contribution in [-0.4, -0.2) is 41.1 Å². The van der Waals surface area contributed by atoms with Crippen molar-refractivity contribution in [2.24, 2.45) is 0 Å². The first kappa shape index (κ1) is 28.4. The minimum Gasteiger partial charge on any atom is -0.496 e. The molecule has 0 radical (unpaired) electrons. The molecule has 10 heteroatoms. The van der Waals surface area contributed by atoms with Gasteiger partial charge < -0.3 is 20.1 Å². The van der Waals surface area contributed by atoms with Gasteiger partial charge in [-0.05, 0) is 57.2 Å². The maximum atomic E-state index is 13.0. The van der Waals surface area contributed by atoms with Gasteiger partial charge in [0.25, 0.3) is 0 Å². The van der Waals surface area contributed by atoms with Crippen LogP contribution in [0.4, 0.5) is 16.2 Å². The number of methoxy groups -OCH3 is 1. The molecular formula is C30H29ClN4O5. The summed E-state index contributed by atoms with van der Waals surface area (Å²) >= 11 is 6.59. The maximum Gasteiger partial charge on any atom is 0.357 e. The summed E-state index contributed by atoms with van der Waals surface area (Å²) in [6.45, 7) is 5.18. The molecule has 0 aliphatic rings. The number of hydrogen-bond donors (Lipinski definition) is 2. The predicted octanol–water partition coefficient (Wildman–Crippen LogP) is 6.46. The average Bonchev–Trinajstić information content (AvgIpc) is 3.25. The Kier molecular flexibility index (Phi) is 8.86. The Labute approximate surface area is 237 Å². The molecule has 2 amide bonds. The SMILES string of the molecule is CCOC(=O)c1c(NC(=O)Nc2cccc(OC)c2C)cc(Cl)n1-c1ccc(-c2cccc(CC(C)=O)n2)cc1. The van der Waals surface area contributed by atoms with Gasteiger partial charge >= 0.3 is 12.0 Å². The van der Waals surface area contributed by atoms with Crippen LogP contribution in [0, 0.1) is 6.92 Å². The van der Waals surface area contributed by atoms with Crippen LogP contribution in [0.1, 0.15) is 35.6 Å². The summed E-state index contributed by atoms with van der Waals surface area (Å²) in [6, 6.07) is 19.0. The number of esters is 1. The monoisotopic (exact) mass is 560 g/mol. The molecule has 9 nitrogen and oxygen atoms in total. The average molecular weight is 561 g/mol. The number of urea groups is 1. The summed E-state index contributed by atoms with van der Waals surface area (Å²) in [7, 11) is 1.55. The third-order valence-electron chi connectivity index (χ3n) is 6.08. The molecule has 0 aliphatic heterocycles. The first-order valence-corrected chi connectivity index (χ1v) is 13.0. The van der Waals surface area contributed by atoms with E-state index in [-0.39, 0.29) is 35.3 Å². The molecule has 0 unspecified atom stereocenters. The molecule has 0 saturated heterocycles. The highest BCUT2D eigenvalue weighted by Gasteiger charge is 2.25. The quantitative estimate of drug-likeness (QED) is 0.227. The van der Waals surface area contributed by atoms with Crippen LogP contribution in [0.25, 0.3) is 16.9 Å². The van der Waals surface area contributed by atoms with Gasteiger partial charge in [0.1, 0.15) is 16.7 Å². The van der Waals surface area contributed by atoms with Crippen molar-refractivity contribution in [3.8, 4) is 22.7 Å². The number of hydrogen-bond acceptors (Lipinski definition) is 6. The van der Waals surface area contributed by atoms with Crippen molar-refractivity contribution in [1.29, 1.82) is 0 Å². The minimum atomic E-state index is -0.648. The van der Waals surface area contributed by atoms with Gasteiger partial charge in [-0.15, -0.1) is 0 Å².